The largest absolute Gasteiger partial charge is 0.477 e. The van der Waals surface area contributed by atoms with E-state index in [0.29, 0.717) is 12.5 Å². The Bertz CT molecular complexity index is 284. The molecule has 0 unspecified atom stereocenters. The lowest BCUT2D eigenvalue weighted by atomic mass is 10.4. The minimum absolute atomic E-state index is 0.172. The number of hydrogen-bond acceptors (Lipinski definition) is 5. The third-order valence-corrected chi connectivity index (χ3v) is 1.31. The van der Waals surface area contributed by atoms with E-state index >= 15 is 0 Å². The molecule has 0 aromatic carbocycles. The zero-order valence-corrected chi connectivity index (χ0v) is 7.48. The van der Waals surface area contributed by atoms with Crippen LogP contribution in [0.4, 0.5) is 0 Å². The maximum Gasteiger partial charge on any atom is 0.358 e. The molecule has 13 heavy (non-hydrogen) atoms. The molecule has 0 saturated heterocycles. The fraction of sp³-hybridized carbons (Fsp3) is 0.375. The summed E-state index contributed by atoms with van der Waals surface area (Å²) in [6.45, 7) is 2.36. The van der Waals surface area contributed by atoms with E-state index in [0.717, 1.165) is 0 Å². The van der Waals surface area contributed by atoms with Gasteiger partial charge in [0.2, 0.25) is 5.88 Å². The molecule has 1 aromatic heterocycles. The second kappa shape index (κ2) is 4.39. The molecule has 0 spiro atoms. The number of carbonyl (C=O) groups excluding carboxylic acids is 1. The molecule has 0 aliphatic rings. The van der Waals surface area contributed by atoms with Gasteiger partial charge in [-0.25, -0.2) is 14.8 Å². The van der Waals surface area contributed by atoms with Gasteiger partial charge in [0.25, 0.3) is 0 Å². The first-order valence-electron chi connectivity index (χ1n) is 3.81. The lowest BCUT2D eigenvalue weighted by Gasteiger charge is -2.01. The van der Waals surface area contributed by atoms with Gasteiger partial charge in [-0.15, -0.1) is 0 Å². The van der Waals surface area contributed by atoms with E-state index in [4.69, 9.17) is 4.74 Å². The Hall–Kier alpha value is -1.65. The van der Waals surface area contributed by atoms with Gasteiger partial charge in [-0.3, -0.25) is 0 Å². The molecule has 0 amide bonds. The lowest BCUT2D eigenvalue weighted by Crippen LogP contribution is -2.05. The van der Waals surface area contributed by atoms with Crippen molar-refractivity contribution < 1.29 is 14.3 Å². The fourth-order valence-corrected chi connectivity index (χ4v) is 0.749. The van der Waals surface area contributed by atoms with Crippen molar-refractivity contribution in [2.24, 2.45) is 0 Å². The summed E-state index contributed by atoms with van der Waals surface area (Å²) in [5.41, 5.74) is 0.172. The van der Waals surface area contributed by atoms with Crippen LogP contribution in [-0.4, -0.2) is 29.7 Å². The summed E-state index contributed by atoms with van der Waals surface area (Å²) >= 11 is 0. The molecule has 0 aliphatic carbocycles. The van der Waals surface area contributed by atoms with E-state index in [9.17, 15) is 4.79 Å². The van der Waals surface area contributed by atoms with Crippen LogP contribution in [0, 0.1) is 0 Å². The van der Waals surface area contributed by atoms with Crippen molar-refractivity contribution in [3.8, 4) is 5.88 Å². The number of rotatable bonds is 3. The van der Waals surface area contributed by atoms with Crippen LogP contribution in [0.2, 0.25) is 0 Å². The number of hydrogen-bond donors (Lipinski definition) is 0. The summed E-state index contributed by atoms with van der Waals surface area (Å²) in [5.74, 6) is -0.106. The van der Waals surface area contributed by atoms with E-state index in [-0.39, 0.29) is 5.69 Å². The summed E-state index contributed by atoms with van der Waals surface area (Å²) in [6.07, 6.45) is 2.70. The number of nitrogens with zero attached hydrogens (tertiary/aromatic N) is 2. The monoisotopic (exact) mass is 182 g/mol. The molecule has 70 valence electrons. The molecule has 0 bridgehead atoms. The number of carbonyl (C=O) groups is 1. The predicted molar refractivity (Wildman–Crippen MR) is 44.5 cm³/mol. The van der Waals surface area contributed by atoms with Crippen LogP contribution >= 0.6 is 0 Å². The van der Waals surface area contributed by atoms with Gasteiger partial charge in [-0.2, -0.15) is 0 Å². The molecule has 5 nitrogen and oxygen atoms in total. The van der Waals surface area contributed by atoms with Crippen molar-refractivity contribution in [3.63, 3.8) is 0 Å². The normalized spacial score (nSPS) is 9.38. The highest BCUT2D eigenvalue weighted by molar-refractivity contribution is 5.86. The lowest BCUT2D eigenvalue weighted by molar-refractivity contribution is 0.0593. The van der Waals surface area contributed by atoms with Gasteiger partial charge >= 0.3 is 5.97 Å². The maximum absolute atomic E-state index is 10.9. The Labute approximate surface area is 75.7 Å². The number of methoxy groups -OCH3 is 1. The topological polar surface area (TPSA) is 61.3 Å². The number of esters is 1. The molecule has 0 N–H and O–H groups in total. The highest BCUT2D eigenvalue weighted by Crippen LogP contribution is 2.04. The molecule has 1 aromatic rings. The van der Waals surface area contributed by atoms with Crippen LogP contribution in [0.25, 0.3) is 0 Å². The zero-order valence-electron chi connectivity index (χ0n) is 7.48. The molecule has 0 saturated carbocycles. The van der Waals surface area contributed by atoms with Crippen LogP contribution in [0.3, 0.4) is 0 Å². The molecule has 1 heterocycles. The van der Waals surface area contributed by atoms with Gasteiger partial charge in [0.1, 0.15) is 0 Å². The highest BCUT2D eigenvalue weighted by Gasteiger charge is 2.06. The Balaban J connectivity index is 2.75. The summed E-state index contributed by atoms with van der Waals surface area (Å²) in [4.78, 5) is 18.6. The molecule has 1 rings (SSSR count). The van der Waals surface area contributed by atoms with Crippen LogP contribution in [0.5, 0.6) is 5.88 Å². The van der Waals surface area contributed by atoms with Gasteiger partial charge in [0, 0.05) is 0 Å². The van der Waals surface area contributed by atoms with Crippen molar-refractivity contribution in [2.75, 3.05) is 13.7 Å². The maximum atomic E-state index is 10.9. The fourth-order valence-electron chi connectivity index (χ4n) is 0.749. The van der Waals surface area contributed by atoms with Crippen molar-refractivity contribution in [3.05, 3.63) is 18.1 Å². The SMILES string of the molecule is CCOc1cnc(C(=O)OC)cn1. The van der Waals surface area contributed by atoms with Crippen LogP contribution < -0.4 is 4.74 Å². The molecule has 0 atom stereocenters. The second-order valence-electron chi connectivity index (χ2n) is 2.16. The molecular formula is C8H10N2O3. The average molecular weight is 182 g/mol. The smallest absolute Gasteiger partial charge is 0.358 e. The second-order valence-corrected chi connectivity index (χ2v) is 2.16. The molecule has 5 heteroatoms. The molecular weight excluding hydrogens is 172 g/mol. The van der Waals surface area contributed by atoms with E-state index < -0.39 is 5.97 Å². The van der Waals surface area contributed by atoms with Crippen LogP contribution in [0.1, 0.15) is 17.4 Å². The Morgan fingerprint density at radius 1 is 1.46 bits per heavy atom. The van der Waals surface area contributed by atoms with Gasteiger partial charge in [-0.1, -0.05) is 0 Å². The van der Waals surface area contributed by atoms with E-state index in [1.165, 1.54) is 19.5 Å². The summed E-state index contributed by atoms with van der Waals surface area (Å²) in [7, 11) is 1.29. The van der Waals surface area contributed by atoms with Gasteiger partial charge in [0.05, 0.1) is 26.1 Å². The molecule has 0 radical (unpaired) electrons. The zero-order chi connectivity index (χ0) is 9.68. The van der Waals surface area contributed by atoms with Crippen LogP contribution in [0.15, 0.2) is 12.4 Å². The van der Waals surface area contributed by atoms with E-state index in [2.05, 4.69) is 14.7 Å². The van der Waals surface area contributed by atoms with Gasteiger partial charge in [-0.05, 0) is 6.92 Å². The third-order valence-electron chi connectivity index (χ3n) is 1.31. The van der Waals surface area contributed by atoms with Crippen molar-refractivity contribution in [2.45, 2.75) is 6.92 Å². The summed E-state index contributed by atoms with van der Waals surface area (Å²) in [5, 5.41) is 0. The van der Waals surface area contributed by atoms with E-state index in [1.54, 1.807) is 0 Å². The quantitative estimate of drug-likeness (QED) is 0.642. The van der Waals surface area contributed by atoms with Gasteiger partial charge < -0.3 is 9.47 Å². The minimum Gasteiger partial charge on any atom is -0.477 e. The highest BCUT2D eigenvalue weighted by atomic mass is 16.5. The first-order chi connectivity index (χ1) is 6.27. The van der Waals surface area contributed by atoms with Crippen molar-refractivity contribution in [1.82, 2.24) is 9.97 Å². The van der Waals surface area contributed by atoms with Gasteiger partial charge in [0.15, 0.2) is 5.69 Å². The van der Waals surface area contributed by atoms with Crippen molar-refractivity contribution in [1.29, 1.82) is 0 Å². The molecule has 0 aliphatic heterocycles. The first kappa shape index (κ1) is 9.44. The molecule has 0 fully saturated rings. The number of aromatic nitrogens is 2. The third kappa shape index (κ3) is 2.40. The average Bonchev–Trinajstić information content (AvgIpc) is 2.18. The van der Waals surface area contributed by atoms with Crippen LogP contribution in [-0.2, 0) is 4.74 Å². The summed E-state index contributed by atoms with van der Waals surface area (Å²) < 4.78 is 9.50. The van der Waals surface area contributed by atoms with E-state index in [1.807, 2.05) is 6.92 Å². The minimum atomic E-state index is -0.504. The van der Waals surface area contributed by atoms with Crippen molar-refractivity contribution >= 4 is 5.97 Å². The predicted octanol–water partition coefficient (Wildman–Crippen LogP) is 0.662. The Morgan fingerprint density at radius 2 is 2.23 bits per heavy atom. The summed E-state index contributed by atoms with van der Waals surface area (Å²) in [6, 6.07) is 0. The Kier molecular flexibility index (Phi) is 3.19. The Morgan fingerprint density at radius 3 is 2.69 bits per heavy atom. The number of ether oxygens (including phenoxy) is 2. The first-order valence-corrected chi connectivity index (χ1v) is 3.81. The standard InChI is InChI=1S/C8H10N2O3/c1-3-13-7-5-9-6(4-10-7)8(11)12-2/h4-5H,3H2,1-2H3.